The van der Waals surface area contributed by atoms with Crippen molar-refractivity contribution in [2.24, 2.45) is 0 Å². The maximum absolute atomic E-state index is 11.8. The fraction of sp³-hybridized carbons (Fsp3) is 0.833. The Bertz CT molecular complexity index is 388. The molecule has 2 amide bonds. The maximum atomic E-state index is 11.8. The molecule has 0 aromatic heterocycles. The fourth-order valence-electron chi connectivity index (χ4n) is 2.78. The monoisotopic (exact) mass is 272 g/mol. The molecule has 3 N–H and O–H groups in total. The van der Waals surface area contributed by atoms with E-state index in [0.717, 1.165) is 6.42 Å². The predicted molar refractivity (Wildman–Crippen MR) is 65.4 cm³/mol. The summed E-state index contributed by atoms with van der Waals surface area (Å²) in [6, 6.07) is 0. The van der Waals surface area contributed by atoms with Gasteiger partial charge in [0.2, 0.25) is 11.8 Å². The van der Waals surface area contributed by atoms with E-state index in [2.05, 4.69) is 10.6 Å². The number of hydrogen-bond acceptors (Lipinski definition) is 5. The Balaban J connectivity index is 1.91. The molecule has 2 aliphatic rings. The maximum Gasteiger partial charge on any atom is 0.246 e. The second-order valence-corrected chi connectivity index (χ2v) is 5.50. The van der Waals surface area contributed by atoms with E-state index >= 15 is 0 Å². The van der Waals surface area contributed by atoms with Crippen LogP contribution < -0.4 is 10.6 Å². The third-order valence-electron chi connectivity index (χ3n) is 3.73. The lowest BCUT2D eigenvalue weighted by molar-refractivity contribution is -0.129. The van der Waals surface area contributed by atoms with Crippen molar-refractivity contribution < 1.29 is 24.2 Å². The Morgan fingerprint density at radius 3 is 2.79 bits per heavy atom. The molecule has 2 fully saturated rings. The summed E-state index contributed by atoms with van der Waals surface area (Å²) in [7, 11) is 0. The molecule has 2 aliphatic heterocycles. The minimum atomic E-state index is -0.628. The van der Waals surface area contributed by atoms with Crippen LogP contribution in [0, 0.1) is 0 Å². The van der Waals surface area contributed by atoms with Gasteiger partial charge in [-0.15, -0.1) is 0 Å². The number of ether oxygens (including phenoxy) is 2. The predicted octanol–water partition coefficient (Wildman–Crippen LogP) is -1.45. The summed E-state index contributed by atoms with van der Waals surface area (Å²) < 4.78 is 11.4. The van der Waals surface area contributed by atoms with Crippen LogP contribution >= 0.6 is 0 Å². The van der Waals surface area contributed by atoms with Crippen molar-refractivity contribution >= 4 is 11.8 Å². The molecule has 108 valence electrons. The molecule has 0 spiro atoms. The molecule has 7 heteroatoms. The van der Waals surface area contributed by atoms with Crippen molar-refractivity contribution in [1.82, 2.24) is 10.6 Å². The molecule has 2 heterocycles. The first kappa shape index (κ1) is 14.2. The number of carbonyl (C=O) groups is 2. The van der Waals surface area contributed by atoms with E-state index in [4.69, 9.17) is 14.6 Å². The largest absolute Gasteiger partial charge is 0.387 e. The van der Waals surface area contributed by atoms with E-state index in [-0.39, 0.29) is 24.2 Å². The van der Waals surface area contributed by atoms with Crippen LogP contribution in [-0.4, -0.2) is 60.5 Å². The van der Waals surface area contributed by atoms with Crippen LogP contribution in [0.1, 0.15) is 20.3 Å². The standard InChI is InChI=1S/C12H20N2O5/c1-11(14-8(16)5-13-9(17)6-15)7-19-12(2)3-4-18-10(11)12/h10,15H,3-7H2,1-2H3,(H,13,17)(H,14,16)/t10-,11?,12-/m1/s1. The molecule has 1 unspecified atom stereocenters. The van der Waals surface area contributed by atoms with Crippen LogP contribution in [0.15, 0.2) is 0 Å². The summed E-state index contributed by atoms with van der Waals surface area (Å²) in [6.07, 6.45) is 0.627. The van der Waals surface area contributed by atoms with Gasteiger partial charge in [-0.2, -0.15) is 0 Å². The Kier molecular flexibility index (Phi) is 3.80. The third-order valence-corrected chi connectivity index (χ3v) is 3.73. The zero-order valence-corrected chi connectivity index (χ0v) is 11.2. The summed E-state index contributed by atoms with van der Waals surface area (Å²) in [5, 5.41) is 13.7. The fourth-order valence-corrected chi connectivity index (χ4v) is 2.78. The number of carbonyl (C=O) groups excluding carboxylic acids is 2. The first-order valence-corrected chi connectivity index (χ1v) is 6.34. The quantitative estimate of drug-likeness (QED) is 0.581. The van der Waals surface area contributed by atoms with Crippen LogP contribution in [-0.2, 0) is 19.1 Å². The van der Waals surface area contributed by atoms with E-state index in [1.165, 1.54) is 0 Å². The molecular weight excluding hydrogens is 252 g/mol. The normalized spacial score (nSPS) is 36.9. The topological polar surface area (TPSA) is 96.9 Å². The number of aliphatic hydroxyl groups is 1. The van der Waals surface area contributed by atoms with Gasteiger partial charge in [-0.3, -0.25) is 9.59 Å². The molecule has 3 atom stereocenters. The summed E-state index contributed by atoms with van der Waals surface area (Å²) in [5.41, 5.74) is -0.942. The number of nitrogens with one attached hydrogen (secondary N) is 2. The van der Waals surface area contributed by atoms with Crippen molar-refractivity contribution in [3.63, 3.8) is 0 Å². The van der Waals surface area contributed by atoms with E-state index in [1.807, 2.05) is 13.8 Å². The van der Waals surface area contributed by atoms with Gasteiger partial charge < -0.3 is 25.2 Å². The number of hydrogen-bond donors (Lipinski definition) is 3. The zero-order chi connectivity index (χ0) is 14.1. The van der Waals surface area contributed by atoms with Gasteiger partial charge >= 0.3 is 0 Å². The van der Waals surface area contributed by atoms with Gasteiger partial charge in [0.15, 0.2) is 0 Å². The number of fused-ring (bicyclic) bond motifs is 1. The molecule has 0 bridgehead atoms. The molecule has 7 nitrogen and oxygen atoms in total. The summed E-state index contributed by atoms with van der Waals surface area (Å²) in [5.74, 6) is -0.905. The molecule has 2 rings (SSSR count). The van der Waals surface area contributed by atoms with Crippen molar-refractivity contribution in [2.75, 3.05) is 26.4 Å². The lowest BCUT2D eigenvalue weighted by Crippen LogP contribution is -2.58. The minimum Gasteiger partial charge on any atom is -0.387 e. The van der Waals surface area contributed by atoms with Gasteiger partial charge in [0.25, 0.3) is 0 Å². The second kappa shape index (κ2) is 5.07. The number of amides is 2. The minimum absolute atomic E-state index is 0.168. The molecular formula is C12H20N2O5. The van der Waals surface area contributed by atoms with Crippen molar-refractivity contribution in [2.45, 2.75) is 37.5 Å². The van der Waals surface area contributed by atoms with Crippen LogP contribution in [0.5, 0.6) is 0 Å². The van der Waals surface area contributed by atoms with Gasteiger partial charge in [-0.05, 0) is 13.8 Å². The summed E-state index contributed by atoms with van der Waals surface area (Å²) >= 11 is 0. The van der Waals surface area contributed by atoms with E-state index in [9.17, 15) is 9.59 Å². The highest BCUT2D eigenvalue weighted by molar-refractivity contribution is 5.85. The van der Waals surface area contributed by atoms with Crippen LogP contribution in [0.4, 0.5) is 0 Å². The van der Waals surface area contributed by atoms with Gasteiger partial charge in [0.1, 0.15) is 12.7 Å². The van der Waals surface area contributed by atoms with Gasteiger partial charge in [0, 0.05) is 6.42 Å². The van der Waals surface area contributed by atoms with Gasteiger partial charge in [-0.25, -0.2) is 0 Å². The van der Waals surface area contributed by atoms with E-state index < -0.39 is 18.1 Å². The number of rotatable bonds is 4. The van der Waals surface area contributed by atoms with Gasteiger partial charge in [0.05, 0.1) is 30.9 Å². The van der Waals surface area contributed by atoms with E-state index in [0.29, 0.717) is 13.2 Å². The first-order valence-electron chi connectivity index (χ1n) is 6.34. The average Bonchev–Trinajstić information content (AvgIpc) is 2.86. The van der Waals surface area contributed by atoms with Crippen molar-refractivity contribution in [1.29, 1.82) is 0 Å². The Labute approximate surface area is 111 Å². The molecule has 0 aromatic rings. The van der Waals surface area contributed by atoms with E-state index in [1.54, 1.807) is 0 Å². The second-order valence-electron chi connectivity index (χ2n) is 5.50. The average molecular weight is 272 g/mol. The van der Waals surface area contributed by atoms with Crippen LogP contribution in [0.2, 0.25) is 0 Å². The Morgan fingerprint density at radius 1 is 1.37 bits per heavy atom. The highest BCUT2D eigenvalue weighted by Crippen LogP contribution is 2.42. The van der Waals surface area contributed by atoms with Crippen molar-refractivity contribution in [3.05, 3.63) is 0 Å². The lowest BCUT2D eigenvalue weighted by atomic mass is 9.87. The molecule has 0 radical (unpaired) electrons. The number of aliphatic hydroxyl groups excluding tert-OH is 1. The lowest BCUT2D eigenvalue weighted by Gasteiger charge is -2.31. The molecule has 2 saturated heterocycles. The SMILES string of the molecule is CC1(NC(=O)CNC(=O)CO)CO[C@]2(C)CCO[C@H]12. The Morgan fingerprint density at radius 2 is 2.11 bits per heavy atom. The molecule has 0 saturated carbocycles. The highest BCUT2D eigenvalue weighted by atomic mass is 16.6. The molecule has 19 heavy (non-hydrogen) atoms. The first-order chi connectivity index (χ1) is 8.89. The van der Waals surface area contributed by atoms with Gasteiger partial charge in [-0.1, -0.05) is 0 Å². The Hall–Kier alpha value is -1.18. The molecule has 0 aromatic carbocycles. The summed E-state index contributed by atoms with van der Waals surface area (Å²) in [4.78, 5) is 22.7. The van der Waals surface area contributed by atoms with Crippen LogP contribution in [0.25, 0.3) is 0 Å². The third kappa shape index (κ3) is 2.72. The molecule has 0 aliphatic carbocycles. The summed E-state index contributed by atoms with van der Waals surface area (Å²) in [6.45, 7) is 4.06. The zero-order valence-electron chi connectivity index (χ0n) is 11.2. The smallest absolute Gasteiger partial charge is 0.246 e. The van der Waals surface area contributed by atoms with Crippen molar-refractivity contribution in [3.8, 4) is 0 Å². The van der Waals surface area contributed by atoms with Crippen LogP contribution in [0.3, 0.4) is 0 Å². The highest BCUT2D eigenvalue weighted by Gasteiger charge is 2.57.